The Hall–Kier alpha value is -1.88. The largest absolute Gasteiger partial charge is 0.367 e. The third-order valence-electron chi connectivity index (χ3n) is 3.47. The van der Waals surface area contributed by atoms with Gasteiger partial charge in [0.25, 0.3) is 0 Å². The molecule has 6 heteroatoms. The van der Waals surface area contributed by atoms with Gasteiger partial charge in [-0.1, -0.05) is 59.6 Å². The third kappa shape index (κ3) is 4.10. The van der Waals surface area contributed by atoms with Crippen LogP contribution in [0.2, 0.25) is 10.0 Å². The zero-order valence-corrected chi connectivity index (χ0v) is 13.8. The summed E-state index contributed by atoms with van der Waals surface area (Å²) in [6.07, 6.45) is 2.90. The maximum absolute atomic E-state index is 6.32. The van der Waals surface area contributed by atoms with Crippen LogP contribution >= 0.6 is 23.2 Å². The molecule has 1 atom stereocenters. The van der Waals surface area contributed by atoms with Crippen molar-refractivity contribution in [2.24, 2.45) is 0 Å². The van der Waals surface area contributed by atoms with Gasteiger partial charge in [-0.15, -0.1) is 0 Å². The van der Waals surface area contributed by atoms with E-state index >= 15 is 0 Å². The molecule has 0 aliphatic carbocycles. The third-order valence-corrected chi connectivity index (χ3v) is 4.18. The summed E-state index contributed by atoms with van der Waals surface area (Å²) in [5, 5.41) is 5.49. The molecule has 0 saturated carbocycles. The van der Waals surface area contributed by atoms with Gasteiger partial charge in [0.1, 0.15) is 18.8 Å². The van der Waals surface area contributed by atoms with Crippen molar-refractivity contribution in [1.29, 1.82) is 0 Å². The van der Waals surface area contributed by atoms with E-state index < -0.39 is 0 Å². The zero-order valence-electron chi connectivity index (χ0n) is 12.3. The number of halogens is 2. The lowest BCUT2D eigenvalue weighted by Crippen LogP contribution is -2.14. The fourth-order valence-electron chi connectivity index (χ4n) is 2.28. The van der Waals surface area contributed by atoms with E-state index in [-0.39, 0.29) is 6.10 Å². The maximum Gasteiger partial charge on any atom is 0.137 e. The van der Waals surface area contributed by atoms with Crippen molar-refractivity contribution in [2.75, 3.05) is 0 Å². The van der Waals surface area contributed by atoms with Crippen LogP contribution in [0.3, 0.4) is 0 Å². The minimum Gasteiger partial charge on any atom is -0.367 e. The van der Waals surface area contributed by atoms with E-state index in [1.807, 2.05) is 48.5 Å². The van der Waals surface area contributed by atoms with Crippen molar-refractivity contribution in [3.63, 3.8) is 0 Å². The molecule has 23 heavy (non-hydrogen) atoms. The van der Waals surface area contributed by atoms with Crippen molar-refractivity contribution in [3.05, 3.63) is 82.4 Å². The standard InChI is InChI=1S/C17H15Cl2N3O/c18-15-7-3-1-5-13(15)10-23-17(9-22-12-20-11-21-22)14-6-2-4-8-16(14)19/h1-8,11-12,17H,9-10H2. The lowest BCUT2D eigenvalue weighted by Gasteiger charge is -2.20. The maximum atomic E-state index is 6.32. The van der Waals surface area contributed by atoms with Crippen LogP contribution in [0, 0.1) is 0 Å². The number of hydrogen-bond donors (Lipinski definition) is 0. The molecule has 0 amide bonds. The van der Waals surface area contributed by atoms with Gasteiger partial charge >= 0.3 is 0 Å². The summed E-state index contributed by atoms with van der Waals surface area (Å²) < 4.78 is 7.81. The van der Waals surface area contributed by atoms with E-state index in [2.05, 4.69) is 10.1 Å². The minimum atomic E-state index is -0.248. The Morgan fingerprint density at radius 3 is 2.43 bits per heavy atom. The lowest BCUT2D eigenvalue weighted by molar-refractivity contribution is 0.0257. The van der Waals surface area contributed by atoms with Crippen molar-refractivity contribution >= 4 is 23.2 Å². The Kier molecular flexibility index (Phi) is 5.28. The zero-order chi connectivity index (χ0) is 16.1. The summed E-state index contributed by atoms with van der Waals surface area (Å²) in [7, 11) is 0. The summed E-state index contributed by atoms with van der Waals surface area (Å²) in [5.41, 5.74) is 1.85. The summed E-state index contributed by atoms with van der Waals surface area (Å²) in [5.74, 6) is 0. The van der Waals surface area contributed by atoms with Crippen LogP contribution < -0.4 is 0 Å². The van der Waals surface area contributed by atoms with Crippen LogP contribution in [0.15, 0.2) is 61.2 Å². The lowest BCUT2D eigenvalue weighted by atomic mass is 10.1. The van der Waals surface area contributed by atoms with E-state index in [0.717, 1.165) is 11.1 Å². The van der Waals surface area contributed by atoms with Gasteiger partial charge < -0.3 is 4.74 Å². The summed E-state index contributed by atoms with van der Waals surface area (Å²) in [4.78, 5) is 3.97. The molecular weight excluding hydrogens is 333 g/mol. The number of ether oxygens (including phenoxy) is 1. The molecule has 1 aromatic heterocycles. The number of nitrogens with zero attached hydrogens (tertiary/aromatic N) is 3. The van der Waals surface area contributed by atoms with Crippen molar-refractivity contribution in [1.82, 2.24) is 14.8 Å². The summed E-state index contributed by atoms with van der Waals surface area (Å²) >= 11 is 12.5. The smallest absolute Gasteiger partial charge is 0.137 e. The quantitative estimate of drug-likeness (QED) is 0.656. The van der Waals surface area contributed by atoms with Gasteiger partial charge in [-0.2, -0.15) is 5.10 Å². The molecule has 3 aromatic rings. The van der Waals surface area contributed by atoms with Gasteiger partial charge in [0.05, 0.1) is 13.2 Å². The van der Waals surface area contributed by atoms with Gasteiger partial charge in [-0.3, -0.25) is 4.68 Å². The Morgan fingerprint density at radius 1 is 1.00 bits per heavy atom. The second kappa shape index (κ2) is 7.59. The fourth-order valence-corrected chi connectivity index (χ4v) is 2.73. The molecule has 0 bridgehead atoms. The van der Waals surface area contributed by atoms with Gasteiger partial charge in [0, 0.05) is 15.6 Å². The van der Waals surface area contributed by atoms with Gasteiger partial charge in [0.2, 0.25) is 0 Å². The molecule has 118 valence electrons. The molecule has 0 spiro atoms. The van der Waals surface area contributed by atoms with Gasteiger partial charge in [-0.25, -0.2) is 4.98 Å². The van der Waals surface area contributed by atoms with E-state index in [4.69, 9.17) is 27.9 Å². The minimum absolute atomic E-state index is 0.248. The van der Waals surface area contributed by atoms with E-state index in [0.29, 0.717) is 23.2 Å². The van der Waals surface area contributed by atoms with E-state index in [1.54, 1.807) is 11.0 Å². The number of rotatable bonds is 6. The predicted molar refractivity (Wildman–Crippen MR) is 90.5 cm³/mol. The van der Waals surface area contributed by atoms with Gasteiger partial charge in [-0.05, 0) is 17.7 Å². The Labute approximate surface area is 144 Å². The van der Waals surface area contributed by atoms with Gasteiger partial charge in [0.15, 0.2) is 0 Å². The highest BCUT2D eigenvalue weighted by Gasteiger charge is 2.17. The Bertz CT molecular complexity index is 762. The molecule has 0 aliphatic rings. The number of aromatic nitrogens is 3. The highest BCUT2D eigenvalue weighted by atomic mass is 35.5. The van der Waals surface area contributed by atoms with E-state index in [9.17, 15) is 0 Å². The first-order valence-electron chi connectivity index (χ1n) is 7.16. The topological polar surface area (TPSA) is 39.9 Å². The first kappa shape index (κ1) is 16.0. The normalized spacial score (nSPS) is 12.3. The summed E-state index contributed by atoms with van der Waals surface area (Å²) in [6, 6.07) is 15.3. The van der Waals surface area contributed by atoms with Crippen LogP contribution in [-0.2, 0) is 17.9 Å². The molecule has 0 N–H and O–H groups in total. The fraction of sp³-hybridized carbons (Fsp3) is 0.176. The molecule has 0 saturated heterocycles. The highest BCUT2D eigenvalue weighted by molar-refractivity contribution is 6.31. The average molecular weight is 348 g/mol. The monoisotopic (exact) mass is 347 g/mol. The summed E-state index contributed by atoms with van der Waals surface area (Å²) in [6.45, 7) is 0.915. The van der Waals surface area contributed by atoms with Crippen molar-refractivity contribution in [2.45, 2.75) is 19.3 Å². The first-order valence-corrected chi connectivity index (χ1v) is 7.91. The Morgan fingerprint density at radius 2 is 1.74 bits per heavy atom. The molecule has 0 radical (unpaired) electrons. The van der Waals surface area contributed by atoms with Crippen molar-refractivity contribution < 1.29 is 4.74 Å². The highest BCUT2D eigenvalue weighted by Crippen LogP contribution is 2.28. The Balaban J connectivity index is 1.80. The number of benzene rings is 2. The van der Waals surface area contributed by atoms with Crippen molar-refractivity contribution in [3.8, 4) is 0 Å². The molecule has 4 nitrogen and oxygen atoms in total. The average Bonchev–Trinajstić information content (AvgIpc) is 3.06. The molecular formula is C17H15Cl2N3O. The predicted octanol–water partition coefficient (Wildman–Crippen LogP) is 4.54. The first-order chi connectivity index (χ1) is 11.2. The van der Waals surface area contributed by atoms with Crippen LogP contribution in [0.4, 0.5) is 0 Å². The molecule has 1 heterocycles. The molecule has 1 unspecified atom stereocenters. The molecule has 0 aliphatic heterocycles. The number of hydrogen-bond acceptors (Lipinski definition) is 3. The SMILES string of the molecule is Clc1ccccc1COC(Cn1cncn1)c1ccccc1Cl. The molecule has 0 fully saturated rings. The van der Waals surface area contributed by atoms with Crippen LogP contribution in [0.25, 0.3) is 0 Å². The molecule has 2 aromatic carbocycles. The second-order valence-corrected chi connectivity index (χ2v) is 5.84. The van der Waals surface area contributed by atoms with E-state index in [1.165, 1.54) is 6.33 Å². The second-order valence-electron chi connectivity index (χ2n) is 5.03. The molecule has 3 rings (SSSR count). The van der Waals surface area contributed by atoms with Crippen LogP contribution in [0.1, 0.15) is 17.2 Å². The van der Waals surface area contributed by atoms with Crippen LogP contribution in [-0.4, -0.2) is 14.8 Å². The van der Waals surface area contributed by atoms with Crippen LogP contribution in [0.5, 0.6) is 0 Å².